The van der Waals surface area contributed by atoms with E-state index in [0.717, 1.165) is 65.4 Å². The van der Waals surface area contributed by atoms with Gasteiger partial charge in [0.15, 0.2) is 0 Å². The van der Waals surface area contributed by atoms with Gasteiger partial charge in [-0.15, -0.1) is 0 Å². The summed E-state index contributed by atoms with van der Waals surface area (Å²) in [4.78, 5) is 24.7. The Morgan fingerprint density at radius 2 is 2.03 bits per heavy atom. The summed E-state index contributed by atoms with van der Waals surface area (Å²) in [5.41, 5.74) is 3.81. The molecule has 0 radical (unpaired) electrons. The van der Waals surface area contributed by atoms with E-state index in [0.29, 0.717) is 19.7 Å². The van der Waals surface area contributed by atoms with Gasteiger partial charge in [-0.2, -0.15) is 0 Å². The normalized spacial score (nSPS) is 16.5. The number of likely N-dealkylation sites (tertiary alicyclic amines) is 1. The third kappa shape index (κ3) is 5.20. The molecule has 188 valence electrons. The Hall–Kier alpha value is -3.49. The molecule has 1 aliphatic rings. The van der Waals surface area contributed by atoms with Gasteiger partial charge in [-0.05, 0) is 56.0 Å². The van der Waals surface area contributed by atoms with Crippen molar-refractivity contribution in [2.45, 2.75) is 25.7 Å². The number of amides is 1. The predicted molar refractivity (Wildman–Crippen MR) is 145 cm³/mol. The maximum atomic E-state index is 12.9. The molecule has 1 aliphatic heterocycles. The van der Waals surface area contributed by atoms with Crippen molar-refractivity contribution >= 4 is 39.2 Å². The Morgan fingerprint density at radius 1 is 1.17 bits per heavy atom. The molecule has 2 aromatic carbocycles. The number of piperidine rings is 1. The molecule has 4 aromatic rings. The largest absolute Gasteiger partial charge is 0.383 e. The number of aryl methyl sites for hydroxylation is 2. The van der Waals surface area contributed by atoms with Crippen LogP contribution >= 0.6 is 0 Å². The summed E-state index contributed by atoms with van der Waals surface area (Å²) in [5.74, 6) is 2.13. The molecule has 1 fully saturated rings. The second kappa shape index (κ2) is 10.6. The molecule has 1 amide bonds. The minimum atomic E-state index is -0.00366. The summed E-state index contributed by atoms with van der Waals surface area (Å²) in [5, 5.41) is 8.79. The SMILES string of the molecule is COCCNc1nc([C@@H]2CCCN(CC(=O)Nc3ccc4c(c3)nc(C)n4C)C2)cc2ccccc12. The van der Waals surface area contributed by atoms with Crippen molar-refractivity contribution in [3.05, 3.63) is 60.0 Å². The Balaban J connectivity index is 1.27. The van der Waals surface area contributed by atoms with Crippen LogP contribution in [0.2, 0.25) is 0 Å². The van der Waals surface area contributed by atoms with Crippen LogP contribution in [0.25, 0.3) is 21.8 Å². The van der Waals surface area contributed by atoms with Crippen molar-refractivity contribution in [2.75, 3.05) is 50.5 Å². The number of rotatable bonds is 8. The molecule has 36 heavy (non-hydrogen) atoms. The number of hydrogen-bond acceptors (Lipinski definition) is 6. The van der Waals surface area contributed by atoms with Crippen LogP contribution in [-0.2, 0) is 16.6 Å². The zero-order chi connectivity index (χ0) is 25.1. The molecule has 1 atom stereocenters. The van der Waals surface area contributed by atoms with Crippen molar-refractivity contribution in [3.63, 3.8) is 0 Å². The molecule has 0 aliphatic carbocycles. The number of nitrogens with one attached hydrogen (secondary N) is 2. The van der Waals surface area contributed by atoms with Gasteiger partial charge in [0.25, 0.3) is 0 Å². The van der Waals surface area contributed by atoms with Crippen LogP contribution < -0.4 is 10.6 Å². The van der Waals surface area contributed by atoms with Gasteiger partial charge in [0.05, 0.1) is 24.2 Å². The molecule has 0 bridgehead atoms. The van der Waals surface area contributed by atoms with E-state index in [1.165, 1.54) is 5.39 Å². The van der Waals surface area contributed by atoms with Gasteiger partial charge in [-0.25, -0.2) is 9.97 Å². The first kappa shape index (κ1) is 24.2. The fourth-order valence-electron chi connectivity index (χ4n) is 5.08. The number of fused-ring (bicyclic) bond motifs is 2. The monoisotopic (exact) mass is 486 g/mol. The maximum Gasteiger partial charge on any atom is 0.238 e. The minimum Gasteiger partial charge on any atom is -0.383 e. The van der Waals surface area contributed by atoms with Crippen molar-refractivity contribution < 1.29 is 9.53 Å². The standard InChI is InChI=1S/C28H34N6O2/c1-19-30-25-16-22(10-11-26(25)33(19)2)31-27(35)18-34-13-6-8-21(17-34)24-15-20-7-4-5-9-23(20)28(32-24)29-12-14-36-3/h4-5,7,9-11,15-16,21H,6,8,12-14,17-18H2,1-3H3,(H,29,32)(H,31,35)/t21-/m1/s1. The molecule has 2 N–H and O–H groups in total. The van der Waals surface area contributed by atoms with Gasteiger partial charge < -0.3 is 19.9 Å². The highest BCUT2D eigenvalue weighted by Crippen LogP contribution is 2.31. The fourth-order valence-corrected chi connectivity index (χ4v) is 5.08. The number of hydrogen-bond donors (Lipinski definition) is 2. The summed E-state index contributed by atoms with van der Waals surface area (Å²) >= 11 is 0. The number of imidazole rings is 1. The smallest absolute Gasteiger partial charge is 0.238 e. The quantitative estimate of drug-likeness (QED) is 0.361. The third-order valence-electron chi connectivity index (χ3n) is 7.04. The van der Waals surface area contributed by atoms with Crippen molar-refractivity contribution in [1.29, 1.82) is 0 Å². The highest BCUT2D eigenvalue weighted by molar-refractivity contribution is 5.94. The van der Waals surface area contributed by atoms with Crippen molar-refractivity contribution in [3.8, 4) is 0 Å². The summed E-state index contributed by atoms with van der Waals surface area (Å²) in [6, 6.07) is 16.4. The van der Waals surface area contributed by atoms with Crippen molar-refractivity contribution in [1.82, 2.24) is 19.4 Å². The second-order valence-corrected chi connectivity index (χ2v) is 9.58. The first-order chi connectivity index (χ1) is 17.5. The molecule has 3 heterocycles. The van der Waals surface area contributed by atoms with E-state index in [-0.39, 0.29) is 11.8 Å². The lowest BCUT2D eigenvalue weighted by atomic mass is 9.93. The molecule has 0 unspecified atom stereocenters. The number of anilines is 2. The number of methoxy groups -OCH3 is 1. The molecule has 0 spiro atoms. The van der Waals surface area contributed by atoms with Gasteiger partial charge in [0, 0.05) is 49.9 Å². The number of carbonyl (C=O) groups is 1. The third-order valence-corrected chi connectivity index (χ3v) is 7.04. The van der Waals surface area contributed by atoms with Crippen LogP contribution in [0, 0.1) is 6.92 Å². The number of ether oxygens (including phenoxy) is 1. The lowest BCUT2D eigenvalue weighted by Crippen LogP contribution is -2.40. The van der Waals surface area contributed by atoms with E-state index in [9.17, 15) is 4.79 Å². The topological polar surface area (TPSA) is 84.3 Å². The second-order valence-electron chi connectivity index (χ2n) is 9.58. The first-order valence-electron chi connectivity index (χ1n) is 12.6. The molecule has 1 saturated heterocycles. The van der Waals surface area contributed by atoms with E-state index in [2.05, 4.69) is 44.8 Å². The van der Waals surface area contributed by atoms with Crippen LogP contribution in [0.4, 0.5) is 11.5 Å². The number of carbonyl (C=O) groups excluding carboxylic acids is 1. The molecular formula is C28H34N6O2. The highest BCUT2D eigenvalue weighted by atomic mass is 16.5. The van der Waals surface area contributed by atoms with Crippen LogP contribution in [0.1, 0.15) is 30.3 Å². The molecule has 2 aromatic heterocycles. The first-order valence-corrected chi connectivity index (χ1v) is 12.6. The van der Waals surface area contributed by atoms with E-state index < -0.39 is 0 Å². The van der Waals surface area contributed by atoms with Crippen LogP contribution in [-0.4, -0.2) is 65.2 Å². The molecular weight excluding hydrogens is 452 g/mol. The van der Waals surface area contributed by atoms with Gasteiger partial charge in [0.2, 0.25) is 5.91 Å². The molecule has 0 saturated carbocycles. The maximum absolute atomic E-state index is 12.9. The van der Waals surface area contributed by atoms with Gasteiger partial charge in [-0.1, -0.05) is 24.3 Å². The zero-order valence-corrected chi connectivity index (χ0v) is 21.3. The summed E-state index contributed by atoms with van der Waals surface area (Å²) < 4.78 is 7.25. The van der Waals surface area contributed by atoms with Crippen LogP contribution in [0.15, 0.2) is 48.5 Å². The average Bonchev–Trinajstić information content (AvgIpc) is 3.16. The van der Waals surface area contributed by atoms with Crippen molar-refractivity contribution in [2.24, 2.45) is 7.05 Å². The van der Waals surface area contributed by atoms with E-state index >= 15 is 0 Å². The van der Waals surface area contributed by atoms with Gasteiger partial charge >= 0.3 is 0 Å². The average molecular weight is 487 g/mol. The summed E-state index contributed by atoms with van der Waals surface area (Å²) in [6.45, 7) is 5.40. The lowest BCUT2D eigenvalue weighted by Gasteiger charge is -2.32. The number of nitrogens with zero attached hydrogens (tertiary/aromatic N) is 4. The lowest BCUT2D eigenvalue weighted by molar-refractivity contribution is -0.117. The summed E-state index contributed by atoms with van der Waals surface area (Å²) in [7, 11) is 3.70. The molecule has 8 heteroatoms. The number of benzene rings is 2. The van der Waals surface area contributed by atoms with E-state index in [4.69, 9.17) is 9.72 Å². The summed E-state index contributed by atoms with van der Waals surface area (Å²) in [6.07, 6.45) is 2.11. The van der Waals surface area contributed by atoms with Crippen LogP contribution in [0.5, 0.6) is 0 Å². The fraction of sp³-hybridized carbons (Fsp3) is 0.393. The molecule has 8 nitrogen and oxygen atoms in total. The van der Waals surface area contributed by atoms with E-state index in [1.54, 1.807) is 7.11 Å². The number of aromatic nitrogens is 3. The Kier molecular flexibility index (Phi) is 7.16. The molecule has 5 rings (SSSR count). The Morgan fingerprint density at radius 3 is 2.89 bits per heavy atom. The highest BCUT2D eigenvalue weighted by Gasteiger charge is 2.25. The van der Waals surface area contributed by atoms with Gasteiger partial charge in [-0.3, -0.25) is 9.69 Å². The van der Waals surface area contributed by atoms with Crippen LogP contribution in [0.3, 0.4) is 0 Å². The van der Waals surface area contributed by atoms with Gasteiger partial charge in [0.1, 0.15) is 11.6 Å². The zero-order valence-electron chi connectivity index (χ0n) is 21.3. The Labute approximate surface area is 211 Å². The Bertz CT molecular complexity index is 1380. The predicted octanol–water partition coefficient (Wildman–Crippen LogP) is 4.31. The number of pyridine rings is 1. The van der Waals surface area contributed by atoms with E-state index in [1.807, 2.05) is 42.8 Å². The minimum absolute atomic E-state index is 0.00366.